The van der Waals surface area contributed by atoms with E-state index in [1.54, 1.807) is 11.8 Å². The van der Waals surface area contributed by atoms with Gasteiger partial charge in [0.25, 0.3) is 0 Å². The summed E-state index contributed by atoms with van der Waals surface area (Å²) in [7, 11) is 0. The van der Waals surface area contributed by atoms with E-state index in [0.29, 0.717) is 0 Å². The van der Waals surface area contributed by atoms with E-state index in [0.717, 1.165) is 25.0 Å². The standard InChI is InChI=1S/C8H12O2S/c9-7(10)6-5-11-4-3-8(6)1-2-8/h6H,1-5H2,(H,9,10). The minimum atomic E-state index is -0.574. The molecule has 1 heterocycles. The number of carbonyl (C=O) groups is 1. The van der Waals surface area contributed by atoms with Gasteiger partial charge in [0.05, 0.1) is 5.92 Å². The lowest BCUT2D eigenvalue weighted by atomic mass is 9.88. The lowest BCUT2D eigenvalue weighted by Gasteiger charge is -2.27. The first-order valence-electron chi connectivity index (χ1n) is 4.05. The molecule has 3 heteroatoms. The molecule has 1 N–H and O–H groups in total. The third-order valence-electron chi connectivity index (χ3n) is 2.96. The molecular weight excluding hydrogens is 160 g/mol. The number of carboxylic acids is 1. The SMILES string of the molecule is O=C(O)C1CSCCC12CC2. The van der Waals surface area contributed by atoms with Gasteiger partial charge in [-0.1, -0.05) is 0 Å². The Morgan fingerprint density at radius 3 is 2.64 bits per heavy atom. The Kier molecular flexibility index (Phi) is 1.63. The van der Waals surface area contributed by atoms with Gasteiger partial charge in [-0.15, -0.1) is 0 Å². The highest BCUT2D eigenvalue weighted by Crippen LogP contribution is 2.58. The molecule has 0 amide bonds. The molecule has 2 rings (SSSR count). The summed E-state index contributed by atoms with van der Waals surface area (Å²) in [4.78, 5) is 10.8. The summed E-state index contributed by atoms with van der Waals surface area (Å²) in [5, 5.41) is 8.90. The smallest absolute Gasteiger partial charge is 0.307 e. The van der Waals surface area contributed by atoms with Crippen LogP contribution < -0.4 is 0 Å². The second-order valence-corrected chi connectivity index (χ2v) is 4.73. The Morgan fingerprint density at radius 2 is 2.18 bits per heavy atom. The molecular formula is C8H12O2S. The average Bonchev–Trinajstić information content (AvgIpc) is 2.70. The lowest BCUT2D eigenvalue weighted by molar-refractivity contribution is -0.143. The first kappa shape index (κ1) is 7.47. The van der Waals surface area contributed by atoms with Crippen LogP contribution in [0.25, 0.3) is 0 Å². The fourth-order valence-corrected chi connectivity index (χ4v) is 3.37. The summed E-state index contributed by atoms with van der Waals surface area (Å²) in [5.74, 6) is 1.40. The Hall–Kier alpha value is -0.180. The van der Waals surface area contributed by atoms with Gasteiger partial charge in [-0.2, -0.15) is 11.8 Å². The molecule has 1 saturated carbocycles. The van der Waals surface area contributed by atoms with Crippen molar-refractivity contribution < 1.29 is 9.90 Å². The molecule has 2 aliphatic rings. The Bertz CT molecular complexity index is 187. The maximum atomic E-state index is 10.8. The maximum Gasteiger partial charge on any atom is 0.307 e. The number of rotatable bonds is 1. The third kappa shape index (κ3) is 1.15. The van der Waals surface area contributed by atoms with Crippen molar-refractivity contribution >= 4 is 17.7 Å². The van der Waals surface area contributed by atoms with Crippen LogP contribution in [0.5, 0.6) is 0 Å². The normalized spacial score (nSPS) is 33.6. The van der Waals surface area contributed by atoms with Crippen molar-refractivity contribution in [3.8, 4) is 0 Å². The van der Waals surface area contributed by atoms with Crippen LogP contribution in [0.2, 0.25) is 0 Å². The van der Waals surface area contributed by atoms with Crippen LogP contribution >= 0.6 is 11.8 Å². The molecule has 1 spiro atoms. The average molecular weight is 172 g/mol. The summed E-state index contributed by atoms with van der Waals surface area (Å²) >= 11 is 1.79. The van der Waals surface area contributed by atoms with Gasteiger partial charge in [0, 0.05) is 5.75 Å². The van der Waals surface area contributed by atoms with Gasteiger partial charge in [0.1, 0.15) is 0 Å². The van der Waals surface area contributed by atoms with Crippen molar-refractivity contribution in [2.45, 2.75) is 19.3 Å². The van der Waals surface area contributed by atoms with Gasteiger partial charge in [-0.05, 0) is 30.4 Å². The molecule has 2 fully saturated rings. The molecule has 0 aromatic carbocycles. The monoisotopic (exact) mass is 172 g/mol. The van der Waals surface area contributed by atoms with Gasteiger partial charge in [0.15, 0.2) is 0 Å². The van der Waals surface area contributed by atoms with Gasteiger partial charge < -0.3 is 5.11 Å². The zero-order chi connectivity index (χ0) is 7.90. The topological polar surface area (TPSA) is 37.3 Å². The molecule has 1 aliphatic carbocycles. The van der Waals surface area contributed by atoms with Gasteiger partial charge in [-0.3, -0.25) is 4.79 Å². The van der Waals surface area contributed by atoms with Crippen LogP contribution in [0.15, 0.2) is 0 Å². The largest absolute Gasteiger partial charge is 0.481 e. The minimum Gasteiger partial charge on any atom is -0.481 e. The Balaban J connectivity index is 2.10. The van der Waals surface area contributed by atoms with E-state index >= 15 is 0 Å². The molecule has 1 unspecified atom stereocenters. The minimum absolute atomic E-state index is 0.0405. The van der Waals surface area contributed by atoms with E-state index in [1.165, 1.54) is 5.75 Å². The first-order valence-corrected chi connectivity index (χ1v) is 5.21. The molecule has 2 nitrogen and oxygen atoms in total. The fourth-order valence-electron chi connectivity index (χ4n) is 1.92. The summed E-state index contributed by atoms with van der Waals surface area (Å²) in [5.41, 5.74) is 0.247. The van der Waals surface area contributed by atoms with Crippen LogP contribution in [0, 0.1) is 11.3 Å². The third-order valence-corrected chi connectivity index (χ3v) is 4.02. The zero-order valence-electron chi connectivity index (χ0n) is 6.38. The van der Waals surface area contributed by atoms with Crippen LogP contribution in [0.4, 0.5) is 0 Å². The van der Waals surface area contributed by atoms with Crippen molar-refractivity contribution in [3.05, 3.63) is 0 Å². The summed E-state index contributed by atoms with van der Waals surface area (Å²) in [6.45, 7) is 0. The summed E-state index contributed by atoms with van der Waals surface area (Å²) in [6.07, 6.45) is 3.45. The van der Waals surface area contributed by atoms with E-state index in [-0.39, 0.29) is 11.3 Å². The van der Waals surface area contributed by atoms with Gasteiger partial charge in [0.2, 0.25) is 0 Å². The maximum absolute atomic E-state index is 10.8. The molecule has 1 saturated heterocycles. The number of thioether (sulfide) groups is 1. The highest BCUT2D eigenvalue weighted by Gasteiger charge is 2.53. The van der Waals surface area contributed by atoms with E-state index in [4.69, 9.17) is 5.11 Å². The predicted octanol–water partition coefficient (Wildman–Crippen LogP) is 1.60. The van der Waals surface area contributed by atoms with E-state index in [1.807, 2.05) is 0 Å². The Morgan fingerprint density at radius 1 is 1.45 bits per heavy atom. The molecule has 1 atom stereocenters. The van der Waals surface area contributed by atoms with Gasteiger partial charge in [-0.25, -0.2) is 0 Å². The first-order chi connectivity index (χ1) is 5.25. The molecule has 11 heavy (non-hydrogen) atoms. The van der Waals surface area contributed by atoms with E-state index < -0.39 is 5.97 Å². The van der Waals surface area contributed by atoms with Crippen molar-refractivity contribution in [2.24, 2.45) is 11.3 Å². The van der Waals surface area contributed by atoms with E-state index in [2.05, 4.69) is 0 Å². The van der Waals surface area contributed by atoms with Crippen LogP contribution in [0.3, 0.4) is 0 Å². The highest BCUT2D eigenvalue weighted by atomic mass is 32.2. The van der Waals surface area contributed by atoms with Crippen molar-refractivity contribution in [2.75, 3.05) is 11.5 Å². The van der Waals surface area contributed by atoms with Crippen molar-refractivity contribution in [1.29, 1.82) is 0 Å². The highest BCUT2D eigenvalue weighted by molar-refractivity contribution is 7.99. The number of carboxylic acid groups (broad SMARTS) is 1. The fraction of sp³-hybridized carbons (Fsp3) is 0.875. The number of aliphatic carboxylic acids is 1. The van der Waals surface area contributed by atoms with Crippen molar-refractivity contribution in [1.82, 2.24) is 0 Å². The van der Waals surface area contributed by atoms with Crippen LogP contribution in [-0.4, -0.2) is 22.6 Å². The number of hydrogen-bond donors (Lipinski definition) is 1. The summed E-state index contributed by atoms with van der Waals surface area (Å²) < 4.78 is 0. The van der Waals surface area contributed by atoms with Crippen LogP contribution in [0.1, 0.15) is 19.3 Å². The molecule has 0 radical (unpaired) electrons. The molecule has 62 valence electrons. The molecule has 0 bridgehead atoms. The van der Waals surface area contributed by atoms with Crippen molar-refractivity contribution in [3.63, 3.8) is 0 Å². The molecule has 1 aliphatic heterocycles. The van der Waals surface area contributed by atoms with Gasteiger partial charge >= 0.3 is 5.97 Å². The second-order valence-electron chi connectivity index (χ2n) is 3.58. The summed E-state index contributed by atoms with van der Waals surface area (Å²) in [6, 6.07) is 0. The number of hydrogen-bond acceptors (Lipinski definition) is 2. The predicted molar refractivity (Wildman–Crippen MR) is 44.7 cm³/mol. The Labute approximate surface area is 70.4 Å². The second kappa shape index (κ2) is 2.41. The zero-order valence-corrected chi connectivity index (χ0v) is 7.19. The quantitative estimate of drug-likeness (QED) is 0.653. The molecule has 0 aromatic rings. The van der Waals surface area contributed by atoms with Crippen LogP contribution in [-0.2, 0) is 4.79 Å². The van der Waals surface area contributed by atoms with E-state index in [9.17, 15) is 4.79 Å². The lowest BCUT2D eigenvalue weighted by Crippen LogP contribution is -2.31. The molecule has 0 aromatic heterocycles.